The van der Waals surface area contributed by atoms with Gasteiger partial charge in [-0.15, -0.1) is 0 Å². The molecule has 3 N–H and O–H groups in total. The summed E-state index contributed by atoms with van der Waals surface area (Å²) in [7, 11) is 0. The van der Waals surface area contributed by atoms with Crippen LogP contribution in [0.5, 0.6) is 0 Å². The molecule has 0 aromatic heterocycles. The van der Waals surface area contributed by atoms with Crippen LogP contribution < -0.4 is 0 Å². The van der Waals surface area contributed by atoms with Crippen LogP contribution in [0.1, 0.15) is 406 Å². The number of rotatable bonds is 0. The number of aliphatic hydroxyl groups is 3. The molecule has 139 heavy (non-hydrogen) atoms. The molecule has 0 aromatic carbocycles. The van der Waals surface area contributed by atoms with E-state index in [0.29, 0.717) is 85.2 Å². The minimum atomic E-state index is -0.315. The normalized spacial score (nSPS) is 50.8. The molecule has 24 aliphatic carbocycles. The van der Waals surface area contributed by atoms with Gasteiger partial charge in [0.1, 0.15) is 5.78 Å². The first-order chi connectivity index (χ1) is 66.3. The predicted octanol–water partition coefficient (Wildman–Crippen LogP) is 27.7. The van der Waals surface area contributed by atoms with E-state index in [-0.39, 0.29) is 68.2 Å². The molecule has 27 aliphatic rings. The minimum Gasteiger partial charge on any atom is -0.393 e. The molecule has 13 nitrogen and oxygen atoms in total. The fraction of sp³-hybridized carbons (Fsp3) is 0.825. The van der Waals surface area contributed by atoms with E-state index in [0.717, 1.165) is 245 Å². The topological polar surface area (TPSA) is 184 Å². The van der Waals surface area contributed by atoms with Crippen molar-refractivity contribution in [3.05, 3.63) is 105 Å². The van der Waals surface area contributed by atoms with E-state index in [2.05, 4.69) is 140 Å². The van der Waals surface area contributed by atoms with Crippen molar-refractivity contribution in [1.82, 2.24) is 0 Å². The van der Waals surface area contributed by atoms with Gasteiger partial charge in [0.2, 0.25) is 0 Å². The zero-order valence-electron chi connectivity index (χ0n) is 89.2. The van der Waals surface area contributed by atoms with Crippen LogP contribution in [0.15, 0.2) is 105 Å². The highest BCUT2D eigenvalue weighted by Gasteiger charge is 2.68. The third-order valence-electron chi connectivity index (χ3n) is 50.9. The molecule has 13 heteroatoms. The molecule has 18 saturated carbocycles. The number of carbonyl (C=O) groups excluding carboxylic acids is 4. The first kappa shape index (κ1) is 99.6. The van der Waals surface area contributed by atoms with Crippen LogP contribution >= 0.6 is 0 Å². The maximum Gasteiger partial charge on any atom is 0.172 e. The van der Waals surface area contributed by atoms with Gasteiger partial charge in [-0.05, 0) is 448 Å². The van der Waals surface area contributed by atoms with E-state index >= 15 is 0 Å². The second-order valence-electron chi connectivity index (χ2n) is 55.3. The van der Waals surface area contributed by atoms with Crippen molar-refractivity contribution in [2.45, 2.75) is 441 Å². The molecule has 33 atom stereocenters. The molecule has 3 spiro atoms. The van der Waals surface area contributed by atoms with Gasteiger partial charge >= 0.3 is 0 Å². The zero-order chi connectivity index (χ0) is 97.2. The standard InChI is InChI=1S/C23H34O2.C21H32O3.C21H30O3.C21H30O2.C21H30O.C19H28O2/c1-4-16-6-8-19-18-7-5-17-15-23(24-13-14-25-23)12-11-22(17,3)20(18)9-10-21(16,19)2;2*1-19-9-10-21(23-11-12-24-21)13-14(19)3-4-15-16-5-6-18(22)20(16,2)8-7-17(15)19;1-4-16-19(23)12-18-15-6-5-13-11-14(22)7-9-20(13,2)17(15)8-10-21(16,18)3;1-4-14-6-8-18-17-7-5-15-13-16(22)9-11-21(15,3)19(17)10-12-20(14,18)2;1-18-9-7-13(20)11-12(18)3-4-14-15-5-6-17(21)19(15,2)10-8-16(14)18/h4-5,18-20H,6-15H2,1-3H3;3,15-18,22H,4-13H2,1-2H3;3,15-17H,4-13H2,1-2H3;4,11,15,17-19,23H,5-10,12H2,1-3H3;4,13,17-19H,5-12H2,1-3H3;11,14-17,21H,3-10H2,1-2H3/b16-4-;;;16-4-;14-4-;/t18?,19?,20?,21-,22+;15?,16?,17?,18-,19-,20-;15?,16?,17?,19-,20-;15?,17?,18?,19-,20+,21-;17?,18?,19?,20-,21+;14?,15?,16?,17-,18-,19-/m100110/s1. The Balaban J connectivity index is 0.0000000962. The molecule has 3 saturated heterocycles. The average Bonchev–Trinajstić information content (AvgIpc) is 1.48. The lowest BCUT2D eigenvalue weighted by molar-refractivity contribution is -0.185. The van der Waals surface area contributed by atoms with Gasteiger partial charge in [0, 0.05) is 69.6 Å². The van der Waals surface area contributed by atoms with Gasteiger partial charge in [-0.1, -0.05) is 164 Å². The smallest absolute Gasteiger partial charge is 0.172 e. The zero-order valence-corrected chi connectivity index (χ0v) is 89.2. The number of ketones is 4. The second kappa shape index (κ2) is 36.2. The van der Waals surface area contributed by atoms with Crippen LogP contribution in [0.25, 0.3) is 0 Å². The number of Topliss-reactive ketones (excluding diaryl/α,β-unsaturated/α-hetero) is 1. The summed E-state index contributed by atoms with van der Waals surface area (Å²) in [5.74, 6) is 14.6. The fourth-order valence-corrected chi connectivity index (χ4v) is 42.5. The van der Waals surface area contributed by atoms with E-state index in [1.54, 1.807) is 27.9 Å². The SMILES string of the molecule is C/C=C1/CCC2C3CC=C4CC5(CC[C@]4(C)C3CC[C@]12C)OCCO5.C/C=C1/CCC2C3CCC4=CC(=O)CC[C@]4(C)C3CC[C@]12C.C/C=C1/[C@H](O)CC2C3CCC4=CC(=O)CC[C@]4(C)C3CC[C@]12C.C[C@]12CCC(=O)C=C1CCC1C2CC[C@@]2(C)C1CC[C@@H]2O.C[C@]12CCC3(CC1=CCC1C2CC[C@@]2(C)C1CC[C@@H]2O)OCCO3.C[C@]12CCC3(CC1=CCC1C2CC[C@]2(C)C(=O)CCC12)OCCO3. The third-order valence-corrected chi connectivity index (χ3v) is 50.9. The maximum atomic E-state index is 12.5. The third kappa shape index (κ3) is 15.7. The highest BCUT2D eigenvalue weighted by Crippen LogP contribution is 2.75. The lowest BCUT2D eigenvalue weighted by Gasteiger charge is -2.58. The number of aliphatic hydroxyl groups excluding tert-OH is 3. The maximum absolute atomic E-state index is 12.5. The molecule has 3 heterocycles. The van der Waals surface area contributed by atoms with Gasteiger partial charge in [-0.2, -0.15) is 0 Å². The van der Waals surface area contributed by atoms with Crippen molar-refractivity contribution in [2.75, 3.05) is 39.6 Å². The molecule has 21 fully saturated rings. The van der Waals surface area contributed by atoms with E-state index < -0.39 is 0 Å². The Kier molecular flexibility index (Phi) is 25.9. The first-order valence-corrected chi connectivity index (χ1v) is 58.5. The lowest BCUT2D eigenvalue weighted by atomic mass is 9.47. The number of hydrogen-bond acceptors (Lipinski definition) is 13. The van der Waals surface area contributed by atoms with Crippen molar-refractivity contribution >= 4 is 23.1 Å². The highest BCUT2D eigenvalue weighted by molar-refractivity contribution is 5.93. The van der Waals surface area contributed by atoms with Crippen LogP contribution in [0.4, 0.5) is 0 Å². The van der Waals surface area contributed by atoms with Crippen LogP contribution in [-0.4, -0.2) is 114 Å². The molecule has 3 aliphatic heterocycles. The minimum absolute atomic E-state index is 0.0174. The van der Waals surface area contributed by atoms with Gasteiger partial charge in [0.05, 0.1) is 58.0 Å². The Morgan fingerprint density at radius 2 is 0.568 bits per heavy atom. The summed E-state index contributed by atoms with van der Waals surface area (Å²) >= 11 is 0. The van der Waals surface area contributed by atoms with Gasteiger partial charge in [0.15, 0.2) is 34.7 Å². The van der Waals surface area contributed by atoms with Gasteiger partial charge in [-0.3, -0.25) is 19.2 Å². The quantitative estimate of drug-likeness (QED) is 0.195. The van der Waals surface area contributed by atoms with Crippen LogP contribution in [0, 0.1) is 172 Å². The van der Waals surface area contributed by atoms with E-state index in [1.165, 1.54) is 196 Å². The summed E-state index contributed by atoms with van der Waals surface area (Å²) in [4.78, 5) is 48.0. The van der Waals surface area contributed by atoms with Gasteiger partial charge in [0.25, 0.3) is 0 Å². The van der Waals surface area contributed by atoms with Gasteiger partial charge in [-0.25, -0.2) is 0 Å². The Morgan fingerprint density at radius 1 is 0.266 bits per heavy atom. The van der Waals surface area contributed by atoms with Crippen LogP contribution in [-0.2, 0) is 47.6 Å². The summed E-state index contributed by atoms with van der Waals surface area (Å²) in [6.45, 7) is 40.6. The van der Waals surface area contributed by atoms with Crippen molar-refractivity contribution in [3.8, 4) is 0 Å². The van der Waals surface area contributed by atoms with Crippen LogP contribution in [0.3, 0.4) is 0 Å². The first-order valence-electron chi connectivity index (χ1n) is 58.5. The second-order valence-corrected chi connectivity index (χ2v) is 55.3. The Labute approximate surface area is 838 Å². The monoisotopic (exact) mass is 1910 g/mol. The molecule has 0 aromatic rings. The van der Waals surface area contributed by atoms with Crippen molar-refractivity contribution in [1.29, 1.82) is 0 Å². The van der Waals surface area contributed by atoms with Crippen molar-refractivity contribution < 1.29 is 62.9 Å². The number of hydrogen-bond donors (Lipinski definition) is 3. The predicted molar refractivity (Wildman–Crippen MR) is 549 cm³/mol. The largest absolute Gasteiger partial charge is 0.393 e. The molecule has 766 valence electrons. The summed E-state index contributed by atoms with van der Waals surface area (Å²) in [6, 6.07) is 0. The molecule has 0 bridgehead atoms. The summed E-state index contributed by atoms with van der Waals surface area (Å²) in [5, 5.41) is 31.6. The molecule has 0 radical (unpaired) electrons. The molecule has 27 rings (SSSR count). The molecule has 18 unspecified atom stereocenters. The van der Waals surface area contributed by atoms with E-state index in [1.807, 2.05) is 18.2 Å². The summed E-state index contributed by atoms with van der Waals surface area (Å²) in [5.41, 5.74) is 17.4. The molecular formula is C126H184O13. The highest BCUT2D eigenvalue weighted by atomic mass is 16.7. The Hall–Kier alpha value is -4.02. The molecular weight excluding hydrogens is 1720 g/mol. The van der Waals surface area contributed by atoms with E-state index in [9.17, 15) is 34.5 Å². The fourth-order valence-electron chi connectivity index (χ4n) is 42.5. The van der Waals surface area contributed by atoms with Crippen molar-refractivity contribution in [2.24, 2.45) is 172 Å². The average molecular weight is 1910 g/mol. The summed E-state index contributed by atoms with van der Waals surface area (Å²) in [6.07, 6.45) is 74.6. The van der Waals surface area contributed by atoms with E-state index in [4.69, 9.17) is 28.4 Å². The van der Waals surface area contributed by atoms with Gasteiger partial charge < -0.3 is 43.7 Å². The molecule has 0 amide bonds. The number of fused-ring (bicyclic) bond motifs is 30. The Bertz CT molecular complexity index is 5060. The number of carbonyl (C=O) groups is 4. The number of ether oxygens (including phenoxy) is 6. The van der Waals surface area contributed by atoms with Crippen molar-refractivity contribution in [3.63, 3.8) is 0 Å². The lowest BCUT2D eigenvalue weighted by Crippen LogP contribution is -2.52. The Morgan fingerprint density at radius 3 is 0.950 bits per heavy atom. The summed E-state index contributed by atoms with van der Waals surface area (Å²) < 4.78 is 36.1. The number of allylic oxidation sites excluding steroid dienone is 11. The van der Waals surface area contributed by atoms with Crippen LogP contribution in [0.2, 0.25) is 0 Å².